The second-order valence-electron chi connectivity index (χ2n) is 8.67. The molecule has 1 saturated heterocycles. The van der Waals surface area contributed by atoms with Crippen molar-refractivity contribution in [3.8, 4) is 17.0 Å². The molecule has 1 amide bonds. The summed E-state index contributed by atoms with van der Waals surface area (Å²) in [7, 11) is 0. The molecule has 7 nitrogen and oxygen atoms in total. The molecule has 5 rings (SSSR count). The number of anilines is 1. The van der Waals surface area contributed by atoms with Crippen molar-refractivity contribution in [3.05, 3.63) is 77.6 Å². The lowest BCUT2D eigenvalue weighted by Gasteiger charge is -2.33. The number of hydrogen-bond donors (Lipinski definition) is 1. The van der Waals surface area contributed by atoms with E-state index < -0.39 is 0 Å². The van der Waals surface area contributed by atoms with Crippen LogP contribution in [0.5, 0.6) is 5.75 Å². The Kier molecular flexibility index (Phi) is 6.86. The van der Waals surface area contributed by atoms with E-state index >= 15 is 0 Å². The molecule has 180 valence electrons. The molecule has 1 aliphatic heterocycles. The molecule has 0 saturated carbocycles. The van der Waals surface area contributed by atoms with Crippen molar-refractivity contribution in [3.63, 3.8) is 0 Å². The van der Waals surface area contributed by atoms with Gasteiger partial charge in [0, 0.05) is 37.6 Å². The Hall–Kier alpha value is -3.58. The van der Waals surface area contributed by atoms with Crippen molar-refractivity contribution in [1.82, 2.24) is 19.9 Å². The third kappa shape index (κ3) is 5.10. The molecular weight excluding hydrogens is 462 g/mol. The highest BCUT2D eigenvalue weighted by Crippen LogP contribution is 2.31. The molecule has 1 unspecified atom stereocenters. The van der Waals surface area contributed by atoms with Crippen LogP contribution in [-0.2, 0) is 11.3 Å². The van der Waals surface area contributed by atoms with E-state index in [0.29, 0.717) is 24.7 Å². The van der Waals surface area contributed by atoms with E-state index in [0.717, 1.165) is 53.3 Å². The summed E-state index contributed by atoms with van der Waals surface area (Å²) in [5.74, 6) is 1.61. The van der Waals surface area contributed by atoms with Crippen LogP contribution in [0.4, 0.5) is 5.82 Å². The lowest BCUT2D eigenvalue weighted by molar-refractivity contribution is -0.125. The van der Waals surface area contributed by atoms with E-state index in [4.69, 9.17) is 21.4 Å². The predicted molar refractivity (Wildman–Crippen MR) is 138 cm³/mol. The first-order valence-electron chi connectivity index (χ1n) is 12.0. The summed E-state index contributed by atoms with van der Waals surface area (Å²) >= 11 is 6.40. The lowest BCUT2D eigenvalue weighted by Crippen LogP contribution is -2.43. The average molecular weight is 490 g/mol. The monoisotopic (exact) mass is 489 g/mol. The second kappa shape index (κ2) is 10.4. The number of benzene rings is 2. The van der Waals surface area contributed by atoms with Gasteiger partial charge in [0.15, 0.2) is 5.82 Å². The van der Waals surface area contributed by atoms with Gasteiger partial charge in [0.1, 0.15) is 11.3 Å². The van der Waals surface area contributed by atoms with Gasteiger partial charge >= 0.3 is 0 Å². The minimum atomic E-state index is -0.105. The van der Waals surface area contributed by atoms with Gasteiger partial charge < -0.3 is 15.0 Å². The number of nitrogens with zero attached hydrogens (tertiary/aromatic N) is 4. The van der Waals surface area contributed by atoms with Crippen LogP contribution in [0.3, 0.4) is 0 Å². The van der Waals surface area contributed by atoms with Gasteiger partial charge in [0.05, 0.1) is 23.2 Å². The van der Waals surface area contributed by atoms with Crippen LogP contribution in [0.15, 0.2) is 67.0 Å². The summed E-state index contributed by atoms with van der Waals surface area (Å²) in [4.78, 5) is 19.9. The van der Waals surface area contributed by atoms with Crippen LogP contribution >= 0.6 is 11.6 Å². The van der Waals surface area contributed by atoms with Gasteiger partial charge in [-0.25, -0.2) is 9.50 Å². The molecule has 0 spiro atoms. The molecule has 1 N–H and O–H groups in total. The smallest absolute Gasteiger partial charge is 0.225 e. The summed E-state index contributed by atoms with van der Waals surface area (Å²) in [6.45, 7) is 4.52. The summed E-state index contributed by atoms with van der Waals surface area (Å²) < 4.78 is 7.39. The predicted octanol–water partition coefficient (Wildman–Crippen LogP) is 4.98. The summed E-state index contributed by atoms with van der Waals surface area (Å²) in [5, 5.41) is 8.48. The van der Waals surface area contributed by atoms with E-state index in [2.05, 4.69) is 15.2 Å². The van der Waals surface area contributed by atoms with Crippen LogP contribution < -0.4 is 15.0 Å². The van der Waals surface area contributed by atoms with Gasteiger partial charge in [-0.2, -0.15) is 5.10 Å². The number of ether oxygens (including phenoxy) is 1. The number of amides is 1. The highest BCUT2D eigenvalue weighted by molar-refractivity contribution is 6.33. The molecule has 0 aliphatic carbocycles. The maximum atomic E-state index is 13.0. The Morgan fingerprint density at radius 3 is 2.94 bits per heavy atom. The fourth-order valence-electron chi connectivity index (χ4n) is 4.58. The zero-order valence-corrected chi connectivity index (χ0v) is 20.4. The molecule has 1 aliphatic rings. The number of halogens is 1. The molecule has 4 aromatic rings. The molecule has 2 aromatic carbocycles. The van der Waals surface area contributed by atoms with E-state index in [-0.39, 0.29) is 11.8 Å². The molecule has 3 heterocycles. The van der Waals surface area contributed by atoms with Gasteiger partial charge in [-0.3, -0.25) is 4.79 Å². The lowest BCUT2D eigenvalue weighted by atomic mass is 9.97. The summed E-state index contributed by atoms with van der Waals surface area (Å²) in [5.41, 5.74) is 3.60. The number of hydrogen-bond acceptors (Lipinski definition) is 5. The highest BCUT2D eigenvalue weighted by Gasteiger charge is 2.28. The molecule has 8 heteroatoms. The highest BCUT2D eigenvalue weighted by atomic mass is 35.5. The molecule has 0 radical (unpaired) electrons. The Bertz CT molecular complexity index is 1340. The topological polar surface area (TPSA) is 71.8 Å². The Labute approximate surface area is 209 Å². The third-order valence-electron chi connectivity index (χ3n) is 6.29. The van der Waals surface area contributed by atoms with Crippen molar-refractivity contribution in [2.45, 2.75) is 26.3 Å². The van der Waals surface area contributed by atoms with E-state index in [9.17, 15) is 4.79 Å². The summed E-state index contributed by atoms with van der Waals surface area (Å²) in [6.07, 6.45) is 5.37. The van der Waals surface area contributed by atoms with Crippen LogP contribution in [0, 0.1) is 5.92 Å². The van der Waals surface area contributed by atoms with Crippen molar-refractivity contribution in [1.29, 1.82) is 0 Å². The van der Waals surface area contributed by atoms with E-state index in [1.54, 1.807) is 6.20 Å². The second-order valence-corrected chi connectivity index (χ2v) is 9.08. The van der Waals surface area contributed by atoms with Gasteiger partial charge in [-0.15, -0.1) is 0 Å². The number of aromatic nitrogens is 3. The first-order chi connectivity index (χ1) is 17.1. The SMILES string of the molecule is CCOc1cccc(CNC(=O)C2CCCN(c3nccn4nc(-c5ccccc5Cl)cc34)C2)c1. The first-order valence-corrected chi connectivity index (χ1v) is 12.3. The zero-order valence-electron chi connectivity index (χ0n) is 19.7. The fourth-order valence-corrected chi connectivity index (χ4v) is 4.81. The molecule has 1 fully saturated rings. The number of carbonyl (C=O) groups excluding carboxylic acids is 1. The maximum Gasteiger partial charge on any atom is 0.225 e. The number of fused-ring (bicyclic) bond motifs is 1. The van der Waals surface area contributed by atoms with Gasteiger partial charge in [-0.05, 0) is 49.6 Å². The molecular formula is C27H28ClN5O2. The number of nitrogens with one attached hydrogen (secondary N) is 1. The fraction of sp³-hybridized carbons (Fsp3) is 0.296. The maximum absolute atomic E-state index is 13.0. The van der Waals surface area contributed by atoms with Crippen LogP contribution in [0.25, 0.3) is 16.8 Å². The quantitative estimate of drug-likeness (QED) is 0.396. The average Bonchev–Trinajstić information content (AvgIpc) is 3.32. The summed E-state index contributed by atoms with van der Waals surface area (Å²) in [6, 6.07) is 17.5. The van der Waals surface area contributed by atoms with Crippen molar-refractivity contribution in [2.75, 3.05) is 24.6 Å². The van der Waals surface area contributed by atoms with Crippen LogP contribution in [0.1, 0.15) is 25.3 Å². The van der Waals surface area contributed by atoms with Crippen LogP contribution in [0.2, 0.25) is 5.02 Å². The standard InChI is InChI=1S/C27H28ClN5O2/c1-2-35-21-9-5-7-19(15-21)17-30-27(34)20-8-6-13-32(18-20)26-25-16-24(31-33(25)14-12-29-26)22-10-3-4-11-23(22)28/h3-5,7,9-12,14-16,20H,2,6,8,13,17-18H2,1H3,(H,30,34). The van der Waals surface area contributed by atoms with Crippen molar-refractivity contribution in [2.24, 2.45) is 5.92 Å². The van der Waals surface area contributed by atoms with Crippen molar-refractivity contribution >= 4 is 28.8 Å². The normalized spacial score (nSPS) is 15.8. The molecule has 35 heavy (non-hydrogen) atoms. The Morgan fingerprint density at radius 2 is 2.09 bits per heavy atom. The molecule has 1 atom stereocenters. The largest absolute Gasteiger partial charge is 0.494 e. The molecule has 2 aromatic heterocycles. The van der Waals surface area contributed by atoms with Gasteiger partial charge in [-0.1, -0.05) is 41.9 Å². The third-order valence-corrected chi connectivity index (χ3v) is 6.62. The number of piperidine rings is 1. The van der Waals surface area contributed by atoms with Gasteiger partial charge in [0.25, 0.3) is 0 Å². The zero-order chi connectivity index (χ0) is 24.2. The number of carbonyl (C=O) groups is 1. The van der Waals surface area contributed by atoms with Gasteiger partial charge in [0.2, 0.25) is 5.91 Å². The van der Waals surface area contributed by atoms with E-state index in [1.165, 1.54) is 0 Å². The minimum Gasteiger partial charge on any atom is -0.494 e. The number of rotatable bonds is 7. The Morgan fingerprint density at radius 1 is 1.20 bits per heavy atom. The first kappa shape index (κ1) is 23.2. The van der Waals surface area contributed by atoms with Crippen LogP contribution in [-0.4, -0.2) is 40.2 Å². The van der Waals surface area contributed by atoms with Crippen molar-refractivity contribution < 1.29 is 9.53 Å². The Balaban J connectivity index is 1.30. The minimum absolute atomic E-state index is 0.0636. The van der Waals surface area contributed by atoms with E-state index in [1.807, 2.05) is 72.2 Å². The molecule has 0 bridgehead atoms.